The standard InChI is InChI=1S/C14H11NO.C13H16OS/c1-16-14-8-6-13(7-9-14)12-4-2-11(10-15)3-5-12;14-9-10-1-3-11(4-2-10)12-5-7-13(15)8-6-12/h2-9H,1H3;1-4,9,12-13,15H,5-8H2. The Morgan fingerprint density at radius 2 is 1.42 bits per heavy atom. The van der Waals surface area contributed by atoms with Crippen molar-refractivity contribution in [2.24, 2.45) is 0 Å². The van der Waals surface area contributed by atoms with E-state index in [4.69, 9.17) is 10.00 Å². The summed E-state index contributed by atoms with van der Waals surface area (Å²) < 4.78 is 5.10. The Bertz CT molecular complexity index is 997. The SMILES string of the molecule is COc1ccc(-c2ccc(C#N)cc2)cc1.O=Cc1ccc(C2CCC(S)CC2)cc1. The van der Waals surface area contributed by atoms with Crippen molar-refractivity contribution in [2.45, 2.75) is 36.9 Å². The van der Waals surface area contributed by atoms with E-state index in [-0.39, 0.29) is 0 Å². The van der Waals surface area contributed by atoms with Crippen molar-refractivity contribution in [1.82, 2.24) is 0 Å². The van der Waals surface area contributed by atoms with E-state index in [1.807, 2.05) is 60.7 Å². The molecule has 1 fully saturated rings. The number of nitrogens with zero attached hydrogens (tertiary/aromatic N) is 1. The molecule has 1 saturated carbocycles. The highest BCUT2D eigenvalue weighted by atomic mass is 32.1. The van der Waals surface area contributed by atoms with Crippen LogP contribution in [-0.4, -0.2) is 18.6 Å². The first-order valence-electron chi connectivity index (χ1n) is 10.5. The Labute approximate surface area is 190 Å². The fourth-order valence-corrected chi connectivity index (χ4v) is 4.07. The third-order valence-corrected chi connectivity index (χ3v) is 6.19. The van der Waals surface area contributed by atoms with Gasteiger partial charge in [-0.3, -0.25) is 4.79 Å². The molecule has 0 amide bonds. The van der Waals surface area contributed by atoms with E-state index in [0.29, 0.717) is 16.7 Å². The van der Waals surface area contributed by atoms with Gasteiger partial charge in [0.15, 0.2) is 0 Å². The van der Waals surface area contributed by atoms with Gasteiger partial charge < -0.3 is 4.74 Å². The van der Waals surface area contributed by atoms with Crippen molar-refractivity contribution in [3.05, 3.63) is 89.5 Å². The van der Waals surface area contributed by atoms with Gasteiger partial charge in [0.25, 0.3) is 0 Å². The minimum atomic E-state index is 0.593. The molecule has 0 aromatic heterocycles. The van der Waals surface area contributed by atoms with E-state index in [1.165, 1.54) is 31.2 Å². The first kappa shape index (κ1) is 22.7. The van der Waals surface area contributed by atoms with Gasteiger partial charge >= 0.3 is 0 Å². The predicted octanol–water partition coefficient (Wildman–Crippen LogP) is 6.69. The van der Waals surface area contributed by atoms with Gasteiger partial charge in [-0.2, -0.15) is 17.9 Å². The highest BCUT2D eigenvalue weighted by Crippen LogP contribution is 2.34. The maximum Gasteiger partial charge on any atom is 0.150 e. The van der Waals surface area contributed by atoms with Gasteiger partial charge in [0.05, 0.1) is 18.7 Å². The number of methoxy groups -OCH3 is 1. The Hall–Kier alpha value is -3.03. The molecule has 3 aromatic rings. The van der Waals surface area contributed by atoms with E-state index < -0.39 is 0 Å². The number of hydrogen-bond acceptors (Lipinski definition) is 4. The first-order chi connectivity index (χ1) is 15.1. The average molecular weight is 430 g/mol. The maximum absolute atomic E-state index is 10.5. The smallest absolute Gasteiger partial charge is 0.150 e. The molecule has 1 aliphatic carbocycles. The number of aldehydes is 1. The number of benzene rings is 3. The summed E-state index contributed by atoms with van der Waals surface area (Å²) in [5, 5.41) is 9.29. The summed E-state index contributed by atoms with van der Waals surface area (Å²) in [4.78, 5) is 10.5. The Balaban J connectivity index is 0.000000176. The van der Waals surface area contributed by atoms with Gasteiger partial charge in [-0.25, -0.2) is 0 Å². The van der Waals surface area contributed by atoms with Crippen LogP contribution in [0.4, 0.5) is 0 Å². The number of ether oxygens (including phenoxy) is 1. The number of nitriles is 1. The second-order valence-electron chi connectivity index (χ2n) is 7.71. The van der Waals surface area contributed by atoms with Crippen molar-refractivity contribution in [1.29, 1.82) is 5.26 Å². The molecular weight excluding hydrogens is 402 g/mol. The Kier molecular flexibility index (Phi) is 8.32. The fourth-order valence-electron chi connectivity index (χ4n) is 3.78. The second-order valence-corrected chi connectivity index (χ2v) is 8.44. The summed E-state index contributed by atoms with van der Waals surface area (Å²) in [6.45, 7) is 0. The molecule has 0 radical (unpaired) electrons. The summed E-state index contributed by atoms with van der Waals surface area (Å²) in [5.41, 5.74) is 5.03. The number of carbonyl (C=O) groups is 1. The monoisotopic (exact) mass is 429 g/mol. The van der Waals surface area contributed by atoms with E-state index in [1.54, 1.807) is 7.11 Å². The summed E-state index contributed by atoms with van der Waals surface area (Å²) in [6.07, 6.45) is 5.78. The van der Waals surface area contributed by atoms with Gasteiger partial charge in [0, 0.05) is 10.8 Å². The summed E-state index contributed by atoms with van der Waals surface area (Å²) in [7, 11) is 1.65. The minimum absolute atomic E-state index is 0.593. The Morgan fingerprint density at radius 1 is 0.871 bits per heavy atom. The number of rotatable bonds is 4. The maximum atomic E-state index is 10.5. The molecule has 3 nitrogen and oxygen atoms in total. The molecule has 0 atom stereocenters. The molecule has 3 aromatic carbocycles. The van der Waals surface area contributed by atoms with Crippen LogP contribution in [0.5, 0.6) is 5.75 Å². The lowest BCUT2D eigenvalue weighted by atomic mass is 9.83. The molecule has 158 valence electrons. The molecular formula is C27H27NO2S. The molecule has 0 aliphatic heterocycles. The largest absolute Gasteiger partial charge is 0.497 e. The van der Waals surface area contributed by atoms with Crippen molar-refractivity contribution in [3.63, 3.8) is 0 Å². The molecule has 0 unspecified atom stereocenters. The highest BCUT2D eigenvalue weighted by molar-refractivity contribution is 7.80. The number of hydrogen-bond donors (Lipinski definition) is 1. The van der Waals surface area contributed by atoms with Gasteiger partial charge in [-0.05, 0) is 72.6 Å². The molecule has 4 rings (SSSR count). The molecule has 0 N–H and O–H groups in total. The summed E-state index contributed by atoms with van der Waals surface area (Å²) in [5.74, 6) is 1.52. The summed E-state index contributed by atoms with van der Waals surface area (Å²) >= 11 is 4.50. The normalized spacial score (nSPS) is 17.6. The topological polar surface area (TPSA) is 50.1 Å². The molecule has 4 heteroatoms. The van der Waals surface area contributed by atoms with E-state index in [2.05, 4.69) is 30.8 Å². The van der Waals surface area contributed by atoms with E-state index >= 15 is 0 Å². The van der Waals surface area contributed by atoms with Gasteiger partial charge in [0.1, 0.15) is 12.0 Å². The minimum Gasteiger partial charge on any atom is -0.497 e. The zero-order chi connectivity index (χ0) is 22.1. The van der Waals surface area contributed by atoms with Crippen molar-refractivity contribution >= 4 is 18.9 Å². The third-order valence-electron chi connectivity index (χ3n) is 5.68. The van der Waals surface area contributed by atoms with Crippen LogP contribution in [0.1, 0.15) is 53.1 Å². The van der Waals surface area contributed by atoms with Crippen LogP contribution in [0.25, 0.3) is 11.1 Å². The second kappa shape index (κ2) is 11.4. The lowest BCUT2D eigenvalue weighted by Gasteiger charge is -2.25. The van der Waals surface area contributed by atoms with Crippen LogP contribution in [0, 0.1) is 11.3 Å². The lowest BCUT2D eigenvalue weighted by Crippen LogP contribution is -2.12. The quantitative estimate of drug-likeness (QED) is 0.371. The molecule has 1 aliphatic rings. The lowest BCUT2D eigenvalue weighted by molar-refractivity contribution is 0.112. The first-order valence-corrected chi connectivity index (χ1v) is 11.0. The number of carbonyl (C=O) groups excluding carboxylic acids is 1. The van der Waals surface area contributed by atoms with Crippen molar-refractivity contribution in [3.8, 4) is 22.9 Å². The predicted molar refractivity (Wildman–Crippen MR) is 129 cm³/mol. The van der Waals surface area contributed by atoms with Crippen LogP contribution >= 0.6 is 12.6 Å². The van der Waals surface area contributed by atoms with E-state index in [9.17, 15) is 4.79 Å². The molecule has 0 spiro atoms. The fraction of sp³-hybridized carbons (Fsp3) is 0.259. The third kappa shape index (κ3) is 6.47. The average Bonchev–Trinajstić information content (AvgIpc) is 2.85. The van der Waals surface area contributed by atoms with Crippen LogP contribution in [0.15, 0.2) is 72.8 Å². The molecule has 31 heavy (non-hydrogen) atoms. The zero-order valence-corrected chi connectivity index (χ0v) is 18.6. The molecule has 0 bridgehead atoms. The van der Waals surface area contributed by atoms with Crippen LogP contribution in [0.2, 0.25) is 0 Å². The summed E-state index contributed by atoms with van der Waals surface area (Å²) in [6, 6.07) is 25.5. The van der Waals surface area contributed by atoms with Crippen LogP contribution in [-0.2, 0) is 0 Å². The molecule has 0 heterocycles. The van der Waals surface area contributed by atoms with Crippen molar-refractivity contribution in [2.75, 3.05) is 7.11 Å². The number of thiol groups is 1. The van der Waals surface area contributed by atoms with Gasteiger partial charge in [-0.1, -0.05) is 48.5 Å². The van der Waals surface area contributed by atoms with E-state index in [0.717, 1.165) is 28.7 Å². The van der Waals surface area contributed by atoms with Crippen LogP contribution in [0.3, 0.4) is 0 Å². The van der Waals surface area contributed by atoms with Crippen LogP contribution < -0.4 is 4.74 Å². The van der Waals surface area contributed by atoms with Gasteiger partial charge in [-0.15, -0.1) is 0 Å². The molecule has 0 saturated heterocycles. The van der Waals surface area contributed by atoms with Crippen molar-refractivity contribution < 1.29 is 9.53 Å². The highest BCUT2D eigenvalue weighted by Gasteiger charge is 2.19. The zero-order valence-electron chi connectivity index (χ0n) is 17.7. The Morgan fingerprint density at radius 3 is 1.90 bits per heavy atom. The van der Waals surface area contributed by atoms with Gasteiger partial charge in [0.2, 0.25) is 0 Å².